The van der Waals surface area contributed by atoms with Gasteiger partial charge in [-0.2, -0.15) is 5.10 Å². The van der Waals surface area contributed by atoms with Gasteiger partial charge < -0.3 is 19.3 Å². The third-order valence-electron chi connectivity index (χ3n) is 4.81. The van der Waals surface area contributed by atoms with E-state index in [1.165, 1.54) is 0 Å². The molecule has 1 unspecified atom stereocenters. The molecule has 27 heavy (non-hydrogen) atoms. The summed E-state index contributed by atoms with van der Waals surface area (Å²) < 4.78 is 13.4. The first kappa shape index (κ1) is 17.6. The Morgan fingerprint density at radius 1 is 1.26 bits per heavy atom. The van der Waals surface area contributed by atoms with Crippen LogP contribution in [0.2, 0.25) is 0 Å². The number of hydrogen-bond acceptors (Lipinski definition) is 7. The van der Waals surface area contributed by atoms with Gasteiger partial charge in [0.2, 0.25) is 11.8 Å². The Morgan fingerprint density at radius 3 is 2.93 bits per heavy atom. The molecule has 0 aromatic carbocycles. The second-order valence-corrected chi connectivity index (χ2v) is 7.05. The topological polar surface area (TPSA) is 85.6 Å². The highest BCUT2D eigenvalue weighted by atomic mass is 16.5. The van der Waals surface area contributed by atoms with E-state index < -0.39 is 0 Å². The molecule has 0 spiro atoms. The lowest BCUT2D eigenvalue weighted by Gasteiger charge is -2.32. The molecule has 0 bridgehead atoms. The van der Waals surface area contributed by atoms with Crippen LogP contribution in [0.15, 0.2) is 18.3 Å². The number of nitrogens with zero attached hydrogens (tertiary/aromatic N) is 6. The second-order valence-electron chi connectivity index (χ2n) is 7.05. The normalized spacial score (nSPS) is 19.2. The summed E-state index contributed by atoms with van der Waals surface area (Å²) in [5.74, 6) is 1.78. The van der Waals surface area contributed by atoms with Crippen LogP contribution in [0.3, 0.4) is 0 Å². The average molecular weight is 372 g/mol. The maximum absolute atomic E-state index is 13.0. The minimum atomic E-state index is -0.102. The lowest BCUT2D eigenvalue weighted by atomic mass is 10.1. The van der Waals surface area contributed by atoms with E-state index in [2.05, 4.69) is 15.3 Å². The number of aromatic nitrogens is 4. The van der Waals surface area contributed by atoms with E-state index in [1.54, 1.807) is 10.9 Å². The fourth-order valence-electron chi connectivity index (χ4n) is 3.39. The molecule has 1 fully saturated rings. The van der Waals surface area contributed by atoms with Crippen molar-refractivity contribution < 1.29 is 14.3 Å². The molecular weight excluding hydrogens is 348 g/mol. The number of hydrogen-bond donors (Lipinski definition) is 0. The summed E-state index contributed by atoms with van der Waals surface area (Å²) in [5.41, 5.74) is 0.533. The van der Waals surface area contributed by atoms with E-state index in [4.69, 9.17) is 9.47 Å². The van der Waals surface area contributed by atoms with Gasteiger partial charge >= 0.3 is 0 Å². The summed E-state index contributed by atoms with van der Waals surface area (Å²) in [6, 6.07) is 3.68. The monoisotopic (exact) mass is 372 g/mol. The van der Waals surface area contributed by atoms with Gasteiger partial charge in [-0.25, -0.2) is 4.68 Å². The highest BCUT2D eigenvalue weighted by Crippen LogP contribution is 2.25. The van der Waals surface area contributed by atoms with Gasteiger partial charge in [0.05, 0.1) is 19.3 Å². The number of carbonyl (C=O) groups excluding carboxylic acids is 1. The Morgan fingerprint density at radius 2 is 2.15 bits per heavy atom. The molecule has 2 aromatic heterocycles. The quantitative estimate of drug-likeness (QED) is 0.797. The van der Waals surface area contributed by atoms with Crippen molar-refractivity contribution in [1.29, 1.82) is 0 Å². The van der Waals surface area contributed by atoms with E-state index in [9.17, 15) is 4.79 Å². The van der Waals surface area contributed by atoms with E-state index in [0.717, 1.165) is 31.6 Å². The third kappa shape index (κ3) is 3.67. The molecule has 1 atom stereocenters. The Kier molecular flexibility index (Phi) is 4.83. The van der Waals surface area contributed by atoms with E-state index in [0.29, 0.717) is 37.0 Å². The first-order chi connectivity index (χ1) is 13.1. The molecule has 144 valence electrons. The van der Waals surface area contributed by atoms with Crippen molar-refractivity contribution in [3.63, 3.8) is 0 Å². The van der Waals surface area contributed by atoms with Crippen LogP contribution in [0.5, 0.6) is 11.8 Å². The summed E-state index contributed by atoms with van der Waals surface area (Å²) >= 11 is 0. The number of ether oxygens (including phenoxy) is 2. The van der Waals surface area contributed by atoms with Crippen LogP contribution in [-0.2, 0) is 6.54 Å². The van der Waals surface area contributed by atoms with Crippen LogP contribution in [0, 0.1) is 0 Å². The highest BCUT2D eigenvalue weighted by Gasteiger charge is 2.30. The van der Waals surface area contributed by atoms with Gasteiger partial charge in [0, 0.05) is 39.7 Å². The molecule has 0 saturated carbocycles. The zero-order valence-corrected chi connectivity index (χ0v) is 15.7. The molecule has 2 aromatic rings. The van der Waals surface area contributed by atoms with Crippen molar-refractivity contribution in [3.8, 4) is 11.8 Å². The van der Waals surface area contributed by atoms with Crippen LogP contribution in [-0.4, -0.2) is 70.7 Å². The minimum Gasteiger partial charge on any atom is -0.477 e. The molecule has 0 N–H and O–H groups in total. The number of aryl methyl sites for hydroxylation is 1. The fraction of sp³-hybridized carbons (Fsp3) is 0.556. The number of likely N-dealkylation sites (tertiary alicyclic amines) is 1. The Hall–Kier alpha value is -2.84. The van der Waals surface area contributed by atoms with Gasteiger partial charge in [0.1, 0.15) is 11.7 Å². The van der Waals surface area contributed by atoms with Gasteiger partial charge in [0.15, 0.2) is 5.82 Å². The first-order valence-corrected chi connectivity index (χ1v) is 9.27. The number of carbonyl (C=O) groups is 1. The zero-order valence-electron chi connectivity index (χ0n) is 15.7. The summed E-state index contributed by atoms with van der Waals surface area (Å²) in [7, 11) is 3.82. The number of fused-ring (bicyclic) bond motifs is 1. The van der Waals surface area contributed by atoms with Crippen molar-refractivity contribution in [3.05, 3.63) is 23.9 Å². The third-order valence-corrected chi connectivity index (χ3v) is 4.81. The Balaban J connectivity index is 1.42. The van der Waals surface area contributed by atoms with Gasteiger partial charge in [-0.3, -0.25) is 4.79 Å². The van der Waals surface area contributed by atoms with Crippen LogP contribution < -0.4 is 14.4 Å². The predicted octanol–water partition coefficient (Wildman–Crippen LogP) is 1.21. The smallest absolute Gasteiger partial charge is 0.261 e. The number of rotatable bonds is 4. The maximum atomic E-state index is 13.0. The van der Waals surface area contributed by atoms with Crippen molar-refractivity contribution in [2.24, 2.45) is 0 Å². The highest BCUT2D eigenvalue weighted by molar-refractivity contribution is 5.96. The lowest BCUT2D eigenvalue weighted by molar-refractivity contribution is 0.0520. The van der Waals surface area contributed by atoms with Crippen molar-refractivity contribution in [1.82, 2.24) is 24.9 Å². The van der Waals surface area contributed by atoms with Crippen molar-refractivity contribution >= 4 is 11.7 Å². The van der Waals surface area contributed by atoms with Crippen molar-refractivity contribution in [2.75, 3.05) is 38.7 Å². The Bertz CT molecular complexity index is 804. The molecule has 1 saturated heterocycles. The summed E-state index contributed by atoms with van der Waals surface area (Å²) in [6.45, 7) is 2.63. The van der Waals surface area contributed by atoms with Gasteiger partial charge in [0.25, 0.3) is 5.91 Å². The molecule has 2 aliphatic rings. The lowest BCUT2D eigenvalue weighted by Crippen LogP contribution is -2.44. The maximum Gasteiger partial charge on any atom is 0.261 e. The first-order valence-electron chi connectivity index (χ1n) is 9.27. The van der Waals surface area contributed by atoms with Crippen LogP contribution in [0.1, 0.15) is 29.6 Å². The Labute approximate surface area is 157 Å². The number of amides is 1. The SMILES string of the molecule is CN(C)c1ccc(OC2CCCN(C(=O)c3cnn4c3OCCC4)C2)nn1. The van der Waals surface area contributed by atoms with Gasteiger partial charge in [-0.15, -0.1) is 10.2 Å². The van der Waals surface area contributed by atoms with Gasteiger partial charge in [-0.1, -0.05) is 0 Å². The van der Waals surface area contributed by atoms with Crippen LogP contribution >= 0.6 is 0 Å². The molecule has 1 amide bonds. The molecule has 0 radical (unpaired) electrons. The molecule has 4 rings (SSSR count). The largest absolute Gasteiger partial charge is 0.477 e. The molecule has 0 aliphatic carbocycles. The van der Waals surface area contributed by atoms with E-state index in [1.807, 2.05) is 36.0 Å². The molecule has 9 nitrogen and oxygen atoms in total. The van der Waals surface area contributed by atoms with Crippen molar-refractivity contribution in [2.45, 2.75) is 31.9 Å². The zero-order chi connectivity index (χ0) is 18.8. The predicted molar refractivity (Wildman–Crippen MR) is 98.3 cm³/mol. The summed E-state index contributed by atoms with van der Waals surface area (Å²) in [4.78, 5) is 16.6. The minimum absolute atomic E-state index is 0.0551. The van der Waals surface area contributed by atoms with Gasteiger partial charge in [-0.05, 0) is 18.9 Å². The summed E-state index contributed by atoms with van der Waals surface area (Å²) in [6.07, 6.45) is 4.18. The average Bonchev–Trinajstić information content (AvgIpc) is 3.12. The summed E-state index contributed by atoms with van der Waals surface area (Å²) in [5, 5.41) is 12.5. The van der Waals surface area contributed by atoms with Crippen LogP contribution in [0.25, 0.3) is 0 Å². The molecule has 2 aliphatic heterocycles. The number of piperidine rings is 1. The molecule has 9 heteroatoms. The fourth-order valence-corrected chi connectivity index (χ4v) is 3.39. The van der Waals surface area contributed by atoms with Crippen LogP contribution in [0.4, 0.5) is 5.82 Å². The van der Waals surface area contributed by atoms with E-state index in [-0.39, 0.29) is 12.0 Å². The number of anilines is 1. The second kappa shape index (κ2) is 7.42. The molecule has 4 heterocycles. The van der Waals surface area contributed by atoms with E-state index >= 15 is 0 Å². The molecular formula is C18H24N6O3. The standard InChI is InChI=1S/C18H24N6O3/c1-22(2)15-6-7-16(21-20-15)27-13-5-3-8-23(12-13)17(25)14-11-19-24-9-4-10-26-18(14)24/h6-7,11,13H,3-5,8-10,12H2,1-2H3.